The lowest BCUT2D eigenvalue weighted by Crippen LogP contribution is -2.18. The van der Waals surface area contributed by atoms with Crippen molar-refractivity contribution in [1.82, 2.24) is 0 Å². The van der Waals surface area contributed by atoms with Crippen LogP contribution in [0.15, 0.2) is 36.4 Å². The van der Waals surface area contributed by atoms with Gasteiger partial charge in [0.1, 0.15) is 0 Å². The van der Waals surface area contributed by atoms with Crippen LogP contribution in [0.1, 0.15) is 32.6 Å². The molecule has 3 aromatic carbocycles. The van der Waals surface area contributed by atoms with Gasteiger partial charge in [0.15, 0.2) is 34.5 Å². The number of hydrogen-bond acceptors (Lipinski definition) is 7. The Balaban J connectivity index is 2.00. The first-order chi connectivity index (χ1) is 17.0. The highest BCUT2D eigenvalue weighted by molar-refractivity contribution is 6.06. The van der Waals surface area contributed by atoms with Crippen LogP contribution < -0.4 is 33.7 Å². The van der Waals surface area contributed by atoms with Crippen LogP contribution >= 0.6 is 0 Å². The summed E-state index contributed by atoms with van der Waals surface area (Å²) in [5, 5.41) is 3.06. The largest absolute Gasteiger partial charge is 0.493 e. The summed E-state index contributed by atoms with van der Waals surface area (Å²) < 4.78 is 33.2. The Kier molecular flexibility index (Phi) is 6.91. The summed E-state index contributed by atoms with van der Waals surface area (Å²) in [6.45, 7) is 0. The average molecular weight is 480 g/mol. The Hall–Kier alpha value is -4.07. The Morgan fingerprint density at radius 3 is 1.37 bits per heavy atom. The molecule has 1 N–H and O–H groups in total. The van der Waals surface area contributed by atoms with Crippen molar-refractivity contribution in [3.05, 3.63) is 64.2 Å². The molecule has 0 fully saturated rings. The molecular weight excluding hydrogens is 450 g/mol. The summed E-state index contributed by atoms with van der Waals surface area (Å²) in [7, 11) is 9.47. The Labute approximate surface area is 204 Å². The van der Waals surface area contributed by atoms with E-state index in [1.165, 1.54) is 0 Å². The molecule has 0 saturated carbocycles. The predicted octanol–water partition coefficient (Wildman–Crippen LogP) is 4.49. The summed E-state index contributed by atoms with van der Waals surface area (Å²) in [5.74, 6) is 3.08. The van der Waals surface area contributed by atoms with E-state index >= 15 is 0 Å². The van der Waals surface area contributed by atoms with Crippen LogP contribution in [-0.4, -0.2) is 48.6 Å². The van der Waals surface area contributed by atoms with E-state index in [1.807, 2.05) is 24.3 Å². The monoisotopic (exact) mass is 479 g/mol. The summed E-state index contributed by atoms with van der Waals surface area (Å²) >= 11 is 0. The zero-order valence-corrected chi connectivity index (χ0v) is 20.7. The molecule has 8 heteroatoms. The number of benzene rings is 3. The molecule has 0 bridgehead atoms. The van der Waals surface area contributed by atoms with E-state index in [-0.39, 0.29) is 5.91 Å². The number of ether oxygens (including phenoxy) is 6. The van der Waals surface area contributed by atoms with Gasteiger partial charge in [-0.05, 0) is 59.0 Å². The van der Waals surface area contributed by atoms with Crippen LogP contribution in [-0.2, 0) is 12.8 Å². The maximum atomic E-state index is 13.5. The van der Waals surface area contributed by atoms with E-state index in [4.69, 9.17) is 28.4 Å². The van der Waals surface area contributed by atoms with Crippen molar-refractivity contribution in [2.24, 2.45) is 0 Å². The van der Waals surface area contributed by atoms with Gasteiger partial charge in [-0.1, -0.05) is 0 Å². The number of fused-ring (bicyclic) bond motifs is 3. The van der Waals surface area contributed by atoms with Gasteiger partial charge in [-0.2, -0.15) is 0 Å². The number of carbonyl (C=O) groups excluding carboxylic acids is 1. The maximum absolute atomic E-state index is 13.5. The molecule has 184 valence electrons. The summed E-state index contributed by atoms with van der Waals surface area (Å²) in [6, 6.07) is 11.1. The van der Waals surface area contributed by atoms with Gasteiger partial charge >= 0.3 is 0 Å². The lowest BCUT2D eigenvalue weighted by molar-refractivity contribution is 0.102. The molecule has 4 rings (SSSR count). The van der Waals surface area contributed by atoms with E-state index in [1.54, 1.807) is 54.8 Å². The lowest BCUT2D eigenvalue weighted by atomic mass is 9.90. The Morgan fingerprint density at radius 2 is 0.886 bits per heavy atom. The number of amides is 1. The molecule has 1 aliphatic heterocycles. The zero-order valence-electron chi connectivity index (χ0n) is 20.7. The third-order valence-electron chi connectivity index (χ3n) is 6.18. The molecule has 0 saturated heterocycles. The van der Waals surface area contributed by atoms with Crippen LogP contribution in [0.3, 0.4) is 0 Å². The minimum Gasteiger partial charge on any atom is -0.493 e. The highest BCUT2D eigenvalue weighted by Crippen LogP contribution is 2.40. The second kappa shape index (κ2) is 10.0. The number of anilines is 1. The molecule has 0 spiro atoms. The molecule has 1 aliphatic rings. The van der Waals surface area contributed by atoms with Gasteiger partial charge in [-0.25, -0.2) is 0 Å². The van der Waals surface area contributed by atoms with E-state index in [0.717, 1.165) is 22.3 Å². The summed E-state index contributed by atoms with van der Waals surface area (Å²) in [4.78, 5) is 13.5. The average Bonchev–Trinajstić information content (AvgIpc) is 2.88. The van der Waals surface area contributed by atoms with E-state index in [2.05, 4.69) is 5.32 Å². The van der Waals surface area contributed by atoms with Gasteiger partial charge in [0.2, 0.25) is 0 Å². The van der Waals surface area contributed by atoms with Gasteiger partial charge in [-0.15, -0.1) is 0 Å². The number of rotatable bonds is 6. The number of carbonyl (C=O) groups is 1. The van der Waals surface area contributed by atoms with Crippen molar-refractivity contribution in [2.45, 2.75) is 12.8 Å². The molecule has 0 aliphatic carbocycles. The molecule has 0 unspecified atom stereocenters. The predicted molar refractivity (Wildman–Crippen MR) is 132 cm³/mol. The SMILES string of the molecule is COc1cc2c(cc1OC)Cc1cc(OC)c(OC)cc1C(=O)Nc1cc(OC)c(OC)cc1C2. The fourth-order valence-electron chi connectivity index (χ4n) is 4.35. The fraction of sp³-hybridized carbons (Fsp3) is 0.296. The van der Waals surface area contributed by atoms with Crippen LogP contribution in [0.4, 0.5) is 5.69 Å². The second-order valence-corrected chi connectivity index (χ2v) is 8.01. The van der Waals surface area contributed by atoms with Gasteiger partial charge < -0.3 is 33.7 Å². The molecule has 0 aromatic heterocycles. The molecule has 1 heterocycles. The van der Waals surface area contributed by atoms with Crippen LogP contribution in [0.2, 0.25) is 0 Å². The van der Waals surface area contributed by atoms with Crippen LogP contribution in [0.25, 0.3) is 0 Å². The van der Waals surface area contributed by atoms with Crippen molar-refractivity contribution >= 4 is 11.6 Å². The van der Waals surface area contributed by atoms with Gasteiger partial charge in [0.25, 0.3) is 5.91 Å². The molecule has 35 heavy (non-hydrogen) atoms. The number of methoxy groups -OCH3 is 6. The highest BCUT2D eigenvalue weighted by atomic mass is 16.5. The molecule has 0 atom stereocenters. The molecule has 0 radical (unpaired) electrons. The highest BCUT2D eigenvalue weighted by Gasteiger charge is 2.24. The number of hydrogen-bond donors (Lipinski definition) is 1. The van der Waals surface area contributed by atoms with Crippen molar-refractivity contribution < 1.29 is 33.2 Å². The topological polar surface area (TPSA) is 84.5 Å². The van der Waals surface area contributed by atoms with Crippen molar-refractivity contribution in [3.63, 3.8) is 0 Å². The van der Waals surface area contributed by atoms with E-state index in [0.29, 0.717) is 58.6 Å². The third kappa shape index (κ3) is 4.51. The molecule has 3 aromatic rings. The maximum Gasteiger partial charge on any atom is 0.256 e. The minimum absolute atomic E-state index is 0.265. The smallest absolute Gasteiger partial charge is 0.256 e. The minimum atomic E-state index is -0.265. The first-order valence-electron chi connectivity index (χ1n) is 11.0. The summed E-state index contributed by atoms with van der Waals surface area (Å²) in [5.41, 5.74) is 4.77. The van der Waals surface area contributed by atoms with Crippen molar-refractivity contribution in [1.29, 1.82) is 0 Å². The molecule has 1 amide bonds. The zero-order chi connectivity index (χ0) is 25.1. The molecule has 8 nitrogen and oxygen atoms in total. The Morgan fingerprint density at radius 1 is 0.514 bits per heavy atom. The third-order valence-corrected chi connectivity index (χ3v) is 6.18. The first kappa shape index (κ1) is 24.1. The van der Waals surface area contributed by atoms with Crippen LogP contribution in [0.5, 0.6) is 34.5 Å². The quantitative estimate of drug-likeness (QED) is 0.558. The lowest BCUT2D eigenvalue weighted by Gasteiger charge is -2.22. The second-order valence-electron chi connectivity index (χ2n) is 8.01. The Bertz CT molecular complexity index is 1270. The summed E-state index contributed by atoms with van der Waals surface area (Å²) in [6.07, 6.45) is 0.996. The number of nitrogens with one attached hydrogen (secondary N) is 1. The van der Waals surface area contributed by atoms with E-state index < -0.39 is 0 Å². The van der Waals surface area contributed by atoms with Crippen LogP contribution in [0, 0.1) is 0 Å². The normalized spacial score (nSPS) is 12.3. The first-order valence-corrected chi connectivity index (χ1v) is 11.0. The van der Waals surface area contributed by atoms with Gasteiger partial charge in [-0.3, -0.25) is 4.79 Å². The van der Waals surface area contributed by atoms with Crippen molar-refractivity contribution in [3.8, 4) is 34.5 Å². The van der Waals surface area contributed by atoms with Gasteiger partial charge in [0.05, 0.1) is 42.7 Å². The van der Waals surface area contributed by atoms with Crippen molar-refractivity contribution in [2.75, 3.05) is 48.0 Å². The fourth-order valence-corrected chi connectivity index (χ4v) is 4.35. The van der Waals surface area contributed by atoms with Gasteiger partial charge in [0, 0.05) is 23.7 Å². The molecular formula is C27H29NO7. The van der Waals surface area contributed by atoms with E-state index in [9.17, 15) is 4.79 Å². The standard InChI is InChI=1S/C27H29NO7/c1-30-21-9-15-7-17-11-23(32-3)25(34-5)13-19(17)27(29)28-20-14-26(35-6)24(33-4)12-18(20)8-16(15)10-22(21)31-2/h9-14H,7-8H2,1-6H3,(H,28,29).